The summed E-state index contributed by atoms with van der Waals surface area (Å²) in [6, 6.07) is 10.3. The molecule has 2 aliphatic heterocycles. The van der Waals surface area contributed by atoms with Gasteiger partial charge in [-0.3, -0.25) is 19.3 Å². The molecule has 0 atom stereocenters. The van der Waals surface area contributed by atoms with Crippen LogP contribution in [0.25, 0.3) is 0 Å². The highest BCUT2D eigenvalue weighted by atomic mass is 79.9. The van der Waals surface area contributed by atoms with Crippen molar-refractivity contribution in [1.82, 2.24) is 4.90 Å². The lowest BCUT2D eigenvalue weighted by Crippen LogP contribution is -2.31. The number of imide groups is 1. The van der Waals surface area contributed by atoms with Crippen molar-refractivity contribution >= 4 is 33.7 Å². The molecule has 2 amide bonds. The molecule has 2 aromatic rings. The van der Waals surface area contributed by atoms with Crippen LogP contribution < -0.4 is 9.47 Å². The number of carbonyl (C=O) groups is 3. The normalized spacial score (nSPS) is 14.7. The summed E-state index contributed by atoms with van der Waals surface area (Å²) >= 11 is 3.44. The molecule has 0 saturated carbocycles. The Balaban J connectivity index is 1.27. The first-order chi connectivity index (χ1) is 14.0. The molecule has 7 nitrogen and oxygen atoms in total. The monoisotopic (exact) mass is 459 g/mol. The summed E-state index contributed by atoms with van der Waals surface area (Å²) in [5.74, 6) is 0.233. The average Bonchev–Trinajstić information content (AvgIpc) is 2.97. The molecule has 0 bridgehead atoms. The van der Waals surface area contributed by atoms with Crippen molar-refractivity contribution in [2.75, 3.05) is 19.8 Å². The van der Waals surface area contributed by atoms with Crippen molar-refractivity contribution in [1.29, 1.82) is 0 Å². The lowest BCUT2D eigenvalue weighted by atomic mass is 10.1. The molecule has 29 heavy (non-hydrogen) atoms. The smallest absolute Gasteiger partial charge is 0.306 e. The maximum atomic E-state index is 12.3. The van der Waals surface area contributed by atoms with Crippen LogP contribution in [-0.2, 0) is 16.1 Å². The molecule has 150 valence electrons. The van der Waals surface area contributed by atoms with Crippen molar-refractivity contribution in [3.63, 3.8) is 0 Å². The SMILES string of the molecule is O=C(CCCN1C(=O)c2ccccc2C1=O)OCc1cc2c(cc1Br)OCCO2. The Morgan fingerprint density at radius 3 is 2.31 bits per heavy atom. The number of esters is 1. The number of hydrogen-bond acceptors (Lipinski definition) is 6. The Bertz CT molecular complexity index is 954. The molecule has 0 N–H and O–H groups in total. The van der Waals surface area contributed by atoms with Crippen LogP contribution in [0.15, 0.2) is 40.9 Å². The van der Waals surface area contributed by atoms with Crippen molar-refractivity contribution in [2.45, 2.75) is 19.4 Å². The molecule has 2 aliphatic rings. The molecule has 0 saturated heterocycles. The fourth-order valence-electron chi connectivity index (χ4n) is 3.27. The van der Waals surface area contributed by atoms with Gasteiger partial charge in [0, 0.05) is 23.0 Å². The Kier molecular flexibility index (Phi) is 5.53. The predicted molar refractivity (Wildman–Crippen MR) is 106 cm³/mol. The van der Waals surface area contributed by atoms with Crippen LogP contribution in [0.5, 0.6) is 11.5 Å². The molecule has 0 radical (unpaired) electrons. The molecule has 2 aromatic carbocycles. The fraction of sp³-hybridized carbons (Fsp3) is 0.286. The van der Waals surface area contributed by atoms with Crippen molar-refractivity contribution in [3.8, 4) is 11.5 Å². The molecule has 0 unspecified atom stereocenters. The van der Waals surface area contributed by atoms with Gasteiger partial charge in [-0.15, -0.1) is 0 Å². The van der Waals surface area contributed by atoms with E-state index in [2.05, 4.69) is 15.9 Å². The molecule has 0 fully saturated rings. The standard InChI is InChI=1S/C21H18BrNO6/c22-16-11-18-17(27-8-9-28-18)10-13(16)12-29-19(24)6-3-7-23-20(25)14-4-1-2-5-15(14)21(23)26/h1-2,4-5,10-11H,3,6-9,12H2. The zero-order valence-electron chi connectivity index (χ0n) is 15.5. The number of amides is 2. The summed E-state index contributed by atoms with van der Waals surface area (Å²) in [5, 5.41) is 0. The maximum Gasteiger partial charge on any atom is 0.306 e. The van der Waals surface area contributed by atoms with Crippen LogP contribution in [0.2, 0.25) is 0 Å². The van der Waals surface area contributed by atoms with Gasteiger partial charge in [0.1, 0.15) is 19.8 Å². The van der Waals surface area contributed by atoms with Crippen LogP contribution in [0, 0.1) is 0 Å². The van der Waals surface area contributed by atoms with Crippen molar-refractivity contribution in [2.24, 2.45) is 0 Å². The van der Waals surface area contributed by atoms with Gasteiger partial charge in [0.2, 0.25) is 0 Å². The van der Waals surface area contributed by atoms with Gasteiger partial charge in [-0.05, 0) is 30.7 Å². The third-order valence-corrected chi connectivity index (χ3v) is 5.48. The largest absolute Gasteiger partial charge is 0.486 e. The van der Waals surface area contributed by atoms with Gasteiger partial charge >= 0.3 is 5.97 Å². The third kappa shape index (κ3) is 3.98. The van der Waals surface area contributed by atoms with E-state index in [9.17, 15) is 14.4 Å². The van der Waals surface area contributed by atoms with E-state index in [1.54, 1.807) is 36.4 Å². The van der Waals surface area contributed by atoms with Gasteiger partial charge in [-0.2, -0.15) is 0 Å². The number of ether oxygens (including phenoxy) is 3. The van der Waals surface area contributed by atoms with E-state index in [4.69, 9.17) is 14.2 Å². The van der Waals surface area contributed by atoms with Crippen LogP contribution in [-0.4, -0.2) is 42.4 Å². The lowest BCUT2D eigenvalue weighted by Gasteiger charge is -2.20. The van der Waals surface area contributed by atoms with E-state index in [1.807, 2.05) is 0 Å². The number of halogens is 1. The highest BCUT2D eigenvalue weighted by molar-refractivity contribution is 9.10. The first kappa shape index (κ1) is 19.4. The first-order valence-corrected chi connectivity index (χ1v) is 10.0. The molecule has 2 heterocycles. The van der Waals surface area contributed by atoms with Gasteiger partial charge in [-0.25, -0.2) is 0 Å². The Labute approximate surface area is 175 Å². The second-order valence-corrected chi connectivity index (χ2v) is 7.51. The first-order valence-electron chi connectivity index (χ1n) is 9.23. The van der Waals surface area contributed by atoms with Crippen LogP contribution in [0.4, 0.5) is 0 Å². The van der Waals surface area contributed by atoms with E-state index >= 15 is 0 Å². The van der Waals surface area contributed by atoms with Crippen LogP contribution >= 0.6 is 15.9 Å². The number of benzene rings is 2. The van der Waals surface area contributed by atoms with Gasteiger partial charge < -0.3 is 14.2 Å². The number of rotatable bonds is 6. The Hall–Kier alpha value is -2.87. The highest BCUT2D eigenvalue weighted by Crippen LogP contribution is 2.35. The van der Waals surface area contributed by atoms with E-state index in [1.165, 1.54) is 4.90 Å². The molecular formula is C21H18BrNO6. The van der Waals surface area contributed by atoms with Gasteiger partial charge in [0.05, 0.1) is 11.1 Å². The van der Waals surface area contributed by atoms with E-state index in [0.29, 0.717) is 42.3 Å². The third-order valence-electron chi connectivity index (χ3n) is 4.74. The fourth-order valence-corrected chi connectivity index (χ4v) is 3.71. The Morgan fingerprint density at radius 1 is 1.03 bits per heavy atom. The number of hydrogen-bond donors (Lipinski definition) is 0. The second-order valence-electron chi connectivity index (χ2n) is 6.66. The quantitative estimate of drug-likeness (QED) is 0.486. The maximum absolute atomic E-state index is 12.3. The van der Waals surface area contributed by atoms with Crippen LogP contribution in [0.1, 0.15) is 39.1 Å². The molecule has 8 heteroatoms. The number of fused-ring (bicyclic) bond motifs is 2. The second kappa shape index (κ2) is 8.24. The molecule has 4 rings (SSSR count). The van der Waals surface area contributed by atoms with E-state index < -0.39 is 5.97 Å². The van der Waals surface area contributed by atoms with Gasteiger partial charge in [0.25, 0.3) is 11.8 Å². The van der Waals surface area contributed by atoms with Gasteiger partial charge in [-0.1, -0.05) is 28.1 Å². The molecule has 0 aromatic heterocycles. The summed E-state index contributed by atoms with van der Waals surface area (Å²) < 4.78 is 17.1. The predicted octanol–water partition coefficient (Wildman–Crippen LogP) is 3.34. The number of carbonyl (C=O) groups excluding carboxylic acids is 3. The molecule has 0 aliphatic carbocycles. The number of nitrogens with zero attached hydrogens (tertiary/aromatic N) is 1. The van der Waals surface area contributed by atoms with Gasteiger partial charge in [0.15, 0.2) is 11.5 Å². The molecular weight excluding hydrogens is 442 g/mol. The topological polar surface area (TPSA) is 82.1 Å². The summed E-state index contributed by atoms with van der Waals surface area (Å²) in [6.07, 6.45) is 0.447. The minimum atomic E-state index is -0.400. The summed E-state index contributed by atoms with van der Waals surface area (Å²) in [5.41, 5.74) is 1.58. The van der Waals surface area contributed by atoms with E-state index in [0.717, 1.165) is 10.0 Å². The molecule has 0 spiro atoms. The van der Waals surface area contributed by atoms with Crippen molar-refractivity contribution < 1.29 is 28.6 Å². The summed E-state index contributed by atoms with van der Waals surface area (Å²) in [6.45, 7) is 1.24. The average molecular weight is 460 g/mol. The lowest BCUT2D eigenvalue weighted by molar-refractivity contribution is -0.145. The zero-order valence-corrected chi connectivity index (χ0v) is 17.1. The Morgan fingerprint density at radius 2 is 1.66 bits per heavy atom. The minimum absolute atomic E-state index is 0.0864. The highest BCUT2D eigenvalue weighted by Gasteiger charge is 2.34. The summed E-state index contributed by atoms with van der Waals surface area (Å²) in [4.78, 5) is 37.9. The van der Waals surface area contributed by atoms with Crippen LogP contribution in [0.3, 0.4) is 0 Å². The van der Waals surface area contributed by atoms with Crippen molar-refractivity contribution in [3.05, 3.63) is 57.6 Å². The summed E-state index contributed by atoms with van der Waals surface area (Å²) in [7, 11) is 0. The minimum Gasteiger partial charge on any atom is -0.486 e. The van der Waals surface area contributed by atoms with E-state index in [-0.39, 0.29) is 31.4 Å². The zero-order chi connectivity index (χ0) is 20.4.